The number of likely N-dealkylation sites (N-methyl/N-ethyl adjacent to an activating group) is 1. The first kappa shape index (κ1) is 20.0. The van der Waals surface area contributed by atoms with Crippen molar-refractivity contribution in [1.29, 1.82) is 0 Å². The van der Waals surface area contributed by atoms with E-state index in [0.717, 1.165) is 47.2 Å². The molecule has 8 nitrogen and oxygen atoms in total. The maximum atomic E-state index is 12.9. The molecule has 5 heterocycles. The zero-order chi connectivity index (χ0) is 22.1. The standard InChI is InChI=1S/C24H23N7O/c1-30-7-4-16(5-8-30)21-10-17(3-6-25-21)24(32)29-23-11-18-9-19(12-26-22(18)14-27-23)20-13-28-31(2)15-20/h3-4,6,9-15H,5,7-8H2,1-2H3,(H,27,29,32). The number of aromatic nitrogens is 5. The minimum Gasteiger partial charge on any atom is -0.307 e. The highest BCUT2D eigenvalue weighted by atomic mass is 16.1. The third-order valence-electron chi connectivity index (χ3n) is 5.61. The van der Waals surface area contributed by atoms with E-state index in [9.17, 15) is 4.79 Å². The highest BCUT2D eigenvalue weighted by Gasteiger charge is 2.14. The van der Waals surface area contributed by atoms with Gasteiger partial charge in [0.2, 0.25) is 0 Å². The van der Waals surface area contributed by atoms with Crippen LogP contribution in [0.2, 0.25) is 0 Å². The van der Waals surface area contributed by atoms with Crippen LogP contribution in [0.5, 0.6) is 0 Å². The van der Waals surface area contributed by atoms with E-state index in [4.69, 9.17) is 0 Å². The molecule has 32 heavy (non-hydrogen) atoms. The summed E-state index contributed by atoms with van der Waals surface area (Å²) in [6.07, 6.45) is 12.0. The molecule has 5 rings (SSSR count). The molecule has 4 aromatic rings. The lowest BCUT2D eigenvalue weighted by atomic mass is 10.0. The Morgan fingerprint density at radius 1 is 1.03 bits per heavy atom. The van der Waals surface area contributed by atoms with Crippen molar-refractivity contribution in [1.82, 2.24) is 29.6 Å². The molecule has 0 radical (unpaired) electrons. The van der Waals surface area contributed by atoms with Crippen LogP contribution < -0.4 is 5.32 Å². The molecule has 0 saturated carbocycles. The molecule has 160 valence electrons. The number of nitrogens with zero attached hydrogens (tertiary/aromatic N) is 6. The summed E-state index contributed by atoms with van der Waals surface area (Å²) in [5.41, 5.74) is 5.28. The molecule has 0 bridgehead atoms. The number of aryl methyl sites for hydroxylation is 1. The van der Waals surface area contributed by atoms with Crippen molar-refractivity contribution < 1.29 is 4.79 Å². The fourth-order valence-corrected chi connectivity index (χ4v) is 3.77. The van der Waals surface area contributed by atoms with E-state index in [1.165, 1.54) is 5.57 Å². The average Bonchev–Trinajstić information content (AvgIpc) is 3.25. The number of nitrogens with one attached hydrogen (secondary N) is 1. The zero-order valence-electron chi connectivity index (χ0n) is 18.0. The van der Waals surface area contributed by atoms with Crippen molar-refractivity contribution >= 4 is 28.2 Å². The van der Waals surface area contributed by atoms with E-state index >= 15 is 0 Å². The van der Waals surface area contributed by atoms with Crippen molar-refractivity contribution in [2.24, 2.45) is 7.05 Å². The van der Waals surface area contributed by atoms with Crippen molar-refractivity contribution in [2.75, 3.05) is 25.5 Å². The molecular formula is C24H23N7O. The lowest BCUT2D eigenvalue weighted by Gasteiger charge is -2.21. The van der Waals surface area contributed by atoms with Gasteiger partial charge in [-0.1, -0.05) is 6.08 Å². The van der Waals surface area contributed by atoms with Crippen LogP contribution in [-0.2, 0) is 7.05 Å². The lowest BCUT2D eigenvalue weighted by Crippen LogP contribution is -2.24. The first-order valence-corrected chi connectivity index (χ1v) is 10.5. The Bertz CT molecular complexity index is 1340. The van der Waals surface area contributed by atoms with Crippen LogP contribution >= 0.6 is 0 Å². The highest BCUT2D eigenvalue weighted by Crippen LogP contribution is 2.24. The summed E-state index contributed by atoms with van der Waals surface area (Å²) in [4.78, 5) is 28.4. The third kappa shape index (κ3) is 4.13. The van der Waals surface area contributed by atoms with Gasteiger partial charge in [0, 0.05) is 60.8 Å². The zero-order valence-corrected chi connectivity index (χ0v) is 18.0. The predicted molar refractivity (Wildman–Crippen MR) is 124 cm³/mol. The number of hydrogen-bond donors (Lipinski definition) is 1. The van der Waals surface area contributed by atoms with Crippen LogP contribution in [0.4, 0.5) is 5.82 Å². The molecule has 1 aliphatic rings. The molecule has 0 aliphatic carbocycles. The van der Waals surface area contributed by atoms with E-state index < -0.39 is 0 Å². The van der Waals surface area contributed by atoms with Gasteiger partial charge in [-0.2, -0.15) is 5.10 Å². The normalized spacial score (nSPS) is 14.4. The van der Waals surface area contributed by atoms with Gasteiger partial charge < -0.3 is 10.2 Å². The molecule has 1 N–H and O–H groups in total. The largest absolute Gasteiger partial charge is 0.307 e. The minimum absolute atomic E-state index is 0.217. The quantitative estimate of drug-likeness (QED) is 0.539. The van der Waals surface area contributed by atoms with Crippen LogP contribution in [0.15, 0.2) is 61.3 Å². The van der Waals surface area contributed by atoms with Crippen LogP contribution in [0.3, 0.4) is 0 Å². The monoisotopic (exact) mass is 425 g/mol. The van der Waals surface area contributed by atoms with Gasteiger partial charge in [0.1, 0.15) is 5.82 Å². The second-order valence-electron chi connectivity index (χ2n) is 8.01. The summed E-state index contributed by atoms with van der Waals surface area (Å²) in [5.74, 6) is 0.259. The molecule has 0 unspecified atom stereocenters. The Hall–Kier alpha value is -3.91. The van der Waals surface area contributed by atoms with E-state index in [2.05, 4.69) is 43.4 Å². The Balaban J connectivity index is 1.38. The molecule has 8 heteroatoms. The van der Waals surface area contributed by atoms with E-state index in [-0.39, 0.29) is 5.91 Å². The molecular weight excluding hydrogens is 402 g/mol. The highest BCUT2D eigenvalue weighted by molar-refractivity contribution is 6.04. The van der Waals surface area contributed by atoms with Gasteiger partial charge in [0.05, 0.1) is 23.6 Å². The Kier molecular flexibility index (Phi) is 5.20. The lowest BCUT2D eigenvalue weighted by molar-refractivity contribution is 0.102. The molecule has 4 aromatic heterocycles. The Morgan fingerprint density at radius 3 is 2.72 bits per heavy atom. The predicted octanol–water partition coefficient (Wildman–Crippen LogP) is 3.40. The van der Waals surface area contributed by atoms with Gasteiger partial charge in [0.25, 0.3) is 5.91 Å². The second kappa shape index (κ2) is 8.32. The molecule has 1 amide bonds. The van der Waals surface area contributed by atoms with Gasteiger partial charge >= 0.3 is 0 Å². The maximum absolute atomic E-state index is 12.9. The number of amides is 1. The van der Waals surface area contributed by atoms with Crippen molar-refractivity contribution in [2.45, 2.75) is 6.42 Å². The molecule has 0 fully saturated rings. The van der Waals surface area contributed by atoms with Crippen molar-refractivity contribution in [3.8, 4) is 11.1 Å². The average molecular weight is 425 g/mol. The van der Waals surface area contributed by atoms with Gasteiger partial charge in [-0.15, -0.1) is 0 Å². The number of fused-ring (bicyclic) bond motifs is 1. The summed E-state index contributed by atoms with van der Waals surface area (Å²) in [6.45, 7) is 1.88. The molecule has 0 saturated heterocycles. The fourth-order valence-electron chi connectivity index (χ4n) is 3.77. The third-order valence-corrected chi connectivity index (χ3v) is 5.61. The fraction of sp³-hybridized carbons (Fsp3) is 0.208. The molecule has 0 aromatic carbocycles. The second-order valence-corrected chi connectivity index (χ2v) is 8.01. The van der Waals surface area contributed by atoms with Crippen molar-refractivity contribution in [3.05, 3.63) is 72.6 Å². The topological polar surface area (TPSA) is 88.8 Å². The van der Waals surface area contributed by atoms with E-state index in [1.54, 1.807) is 35.5 Å². The van der Waals surface area contributed by atoms with E-state index in [0.29, 0.717) is 11.4 Å². The summed E-state index contributed by atoms with van der Waals surface area (Å²) < 4.78 is 1.75. The summed E-state index contributed by atoms with van der Waals surface area (Å²) in [6, 6.07) is 7.42. The van der Waals surface area contributed by atoms with Crippen LogP contribution in [-0.4, -0.2) is 55.7 Å². The van der Waals surface area contributed by atoms with Gasteiger partial charge in [-0.25, -0.2) is 4.98 Å². The maximum Gasteiger partial charge on any atom is 0.256 e. The summed E-state index contributed by atoms with van der Waals surface area (Å²) >= 11 is 0. The number of carbonyl (C=O) groups is 1. The minimum atomic E-state index is -0.217. The number of pyridine rings is 3. The summed E-state index contributed by atoms with van der Waals surface area (Å²) in [5, 5.41) is 8.01. The first-order valence-electron chi connectivity index (χ1n) is 10.5. The van der Waals surface area contributed by atoms with Crippen LogP contribution in [0.25, 0.3) is 27.6 Å². The number of hydrogen-bond acceptors (Lipinski definition) is 6. The van der Waals surface area contributed by atoms with Crippen LogP contribution in [0.1, 0.15) is 22.5 Å². The number of rotatable bonds is 4. The Labute approximate surface area is 185 Å². The van der Waals surface area contributed by atoms with Gasteiger partial charge in [0.15, 0.2) is 0 Å². The van der Waals surface area contributed by atoms with E-state index in [1.807, 2.05) is 31.4 Å². The number of carbonyl (C=O) groups excluding carboxylic acids is 1. The first-order chi connectivity index (χ1) is 15.5. The Morgan fingerprint density at radius 2 is 1.94 bits per heavy atom. The molecule has 0 spiro atoms. The van der Waals surface area contributed by atoms with Gasteiger partial charge in [-0.05, 0) is 43.3 Å². The number of anilines is 1. The molecule has 0 atom stereocenters. The molecule has 1 aliphatic heterocycles. The van der Waals surface area contributed by atoms with Gasteiger partial charge in [-0.3, -0.25) is 19.4 Å². The summed E-state index contributed by atoms with van der Waals surface area (Å²) in [7, 11) is 3.97. The SMILES string of the molecule is CN1CC=C(c2cc(C(=O)Nc3cc4cc(-c5cnn(C)c5)cnc4cn3)ccn2)CC1. The van der Waals surface area contributed by atoms with Crippen molar-refractivity contribution in [3.63, 3.8) is 0 Å². The van der Waals surface area contributed by atoms with Crippen LogP contribution in [0, 0.1) is 0 Å². The smallest absolute Gasteiger partial charge is 0.256 e.